The van der Waals surface area contributed by atoms with Gasteiger partial charge in [0.05, 0.1) is 20.2 Å². The van der Waals surface area contributed by atoms with Gasteiger partial charge in [0.25, 0.3) is 0 Å². The van der Waals surface area contributed by atoms with Crippen molar-refractivity contribution < 1.29 is 4.74 Å². The average Bonchev–Trinajstić information content (AvgIpc) is 2.87. The topological polar surface area (TPSA) is 143 Å². The van der Waals surface area contributed by atoms with Crippen molar-refractivity contribution in [3.05, 3.63) is 85.6 Å². The van der Waals surface area contributed by atoms with Gasteiger partial charge in [0, 0.05) is 18.1 Å². The molecule has 0 aliphatic heterocycles. The Hall–Kier alpha value is -3.79. The van der Waals surface area contributed by atoms with Crippen molar-refractivity contribution in [3.63, 3.8) is 0 Å². The van der Waals surface area contributed by atoms with Crippen LogP contribution in [0.1, 0.15) is 36.8 Å². The molecule has 11 heteroatoms. The smallest absolute Gasteiger partial charge is 0.355 e. The zero-order chi connectivity index (χ0) is 25.9. The molecule has 3 aromatic rings. The van der Waals surface area contributed by atoms with Gasteiger partial charge in [-0.2, -0.15) is 4.98 Å². The largest absolute Gasteiger partial charge is 0.497 e. The third-order valence-electron chi connectivity index (χ3n) is 5.57. The van der Waals surface area contributed by atoms with E-state index in [1.54, 1.807) is 31.4 Å². The number of nitrogens with zero attached hydrogens (tertiary/aromatic N) is 4. The molecule has 0 unspecified atom stereocenters. The minimum atomic E-state index is -0.610. The number of aliphatic imine (C=N–C) groups is 1. The van der Waals surface area contributed by atoms with Gasteiger partial charge in [-0.3, -0.25) is 9.56 Å². The summed E-state index contributed by atoms with van der Waals surface area (Å²) in [5.41, 5.74) is 11.3. The van der Waals surface area contributed by atoms with Gasteiger partial charge in [-0.05, 0) is 48.2 Å². The van der Waals surface area contributed by atoms with Crippen molar-refractivity contribution in [2.75, 3.05) is 25.5 Å². The summed E-state index contributed by atoms with van der Waals surface area (Å²) in [7, 11) is 1.60. The van der Waals surface area contributed by atoms with E-state index in [0.29, 0.717) is 18.1 Å². The SMILES string of the molecule is COc1ccc(Cn2c(NCCCCCCN=C(N)N)nc(=O)n(Cc3ccc(Cl)cc3)c2=O)cc1. The molecule has 0 bridgehead atoms. The molecule has 1 aromatic heterocycles. The van der Waals surface area contributed by atoms with Crippen LogP contribution >= 0.6 is 11.6 Å². The number of hydrogen-bond acceptors (Lipinski definition) is 6. The summed E-state index contributed by atoms with van der Waals surface area (Å²) in [4.78, 5) is 34.4. The van der Waals surface area contributed by atoms with Crippen molar-refractivity contribution in [1.82, 2.24) is 14.1 Å². The molecule has 0 atom stereocenters. The van der Waals surface area contributed by atoms with Gasteiger partial charge in [0.2, 0.25) is 5.95 Å². The second-order valence-corrected chi connectivity index (χ2v) is 8.73. The number of aromatic nitrogens is 3. The Morgan fingerprint density at radius 3 is 2.19 bits per heavy atom. The van der Waals surface area contributed by atoms with Gasteiger partial charge in [0.1, 0.15) is 5.75 Å². The van der Waals surface area contributed by atoms with Gasteiger partial charge in [0.15, 0.2) is 5.96 Å². The fraction of sp³-hybridized carbons (Fsp3) is 0.360. The van der Waals surface area contributed by atoms with Crippen molar-refractivity contribution in [3.8, 4) is 5.75 Å². The van der Waals surface area contributed by atoms with E-state index in [-0.39, 0.29) is 25.0 Å². The number of guanidine groups is 1. The highest BCUT2D eigenvalue weighted by molar-refractivity contribution is 6.30. The molecule has 1 heterocycles. The Bertz CT molecular complexity index is 1260. The highest BCUT2D eigenvalue weighted by Gasteiger charge is 2.14. The normalized spacial score (nSPS) is 10.7. The lowest BCUT2D eigenvalue weighted by molar-refractivity contribution is 0.414. The second-order valence-electron chi connectivity index (χ2n) is 8.29. The van der Waals surface area contributed by atoms with E-state index in [1.807, 2.05) is 24.3 Å². The third-order valence-corrected chi connectivity index (χ3v) is 5.82. The first-order valence-electron chi connectivity index (χ1n) is 11.8. The first-order chi connectivity index (χ1) is 17.4. The number of anilines is 1. The van der Waals surface area contributed by atoms with Crippen molar-refractivity contribution in [2.45, 2.75) is 38.8 Å². The lowest BCUT2D eigenvalue weighted by Gasteiger charge is -2.16. The van der Waals surface area contributed by atoms with Crippen LogP contribution in [0.5, 0.6) is 5.75 Å². The molecule has 0 spiro atoms. The quantitative estimate of drug-likeness (QED) is 0.181. The van der Waals surface area contributed by atoms with Gasteiger partial charge in [-0.25, -0.2) is 14.2 Å². The monoisotopic (exact) mass is 513 g/mol. The molecular weight excluding hydrogens is 482 g/mol. The van der Waals surface area contributed by atoms with E-state index in [1.165, 1.54) is 4.57 Å². The van der Waals surface area contributed by atoms with Crippen molar-refractivity contribution in [1.29, 1.82) is 0 Å². The van der Waals surface area contributed by atoms with Crippen LogP contribution < -0.4 is 32.9 Å². The fourth-order valence-corrected chi connectivity index (χ4v) is 3.75. The summed E-state index contributed by atoms with van der Waals surface area (Å²) in [5.74, 6) is 1.06. The predicted molar refractivity (Wildman–Crippen MR) is 143 cm³/mol. The number of hydrogen-bond donors (Lipinski definition) is 3. The molecule has 0 aliphatic carbocycles. The highest BCUT2D eigenvalue weighted by atomic mass is 35.5. The van der Waals surface area contributed by atoms with Crippen LogP contribution in [0.4, 0.5) is 5.95 Å². The van der Waals surface area contributed by atoms with Crippen LogP contribution in [0.15, 0.2) is 63.1 Å². The zero-order valence-electron chi connectivity index (χ0n) is 20.3. The maximum atomic E-state index is 13.4. The molecule has 0 fully saturated rings. The lowest BCUT2D eigenvalue weighted by Crippen LogP contribution is -2.43. The summed E-state index contributed by atoms with van der Waals surface area (Å²) in [6, 6.07) is 14.4. The van der Waals surface area contributed by atoms with Crippen LogP contribution in [0.3, 0.4) is 0 Å². The predicted octanol–water partition coefficient (Wildman–Crippen LogP) is 2.41. The highest BCUT2D eigenvalue weighted by Crippen LogP contribution is 2.14. The lowest BCUT2D eigenvalue weighted by atomic mass is 10.2. The van der Waals surface area contributed by atoms with Gasteiger partial charge in [-0.1, -0.05) is 48.7 Å². The molecule has 0 saturated heterocycles. The molecule has 36 heavy (non-hydrogen) atoms. The summed E-state index contributed by atoms with van der Waals surface area (Å²) in [5, 5.41) is 3.75. The zero-order valence-corrected chi connectivity index (χ0v) is 21.1. The Morgan fingerprint density at radius 1 is 0.944 bits per heavy atom. The van der Waals surface area contributed by atoms with Crippen LogP contribution in [0.2, 0.25) is 5.02 Å². The van der Waals surface area contributed by atoms with Crippen molar-refractivity contribution in [2.24, 2.45) is 16.5 Å². The van der Waals surface area contributed by atoms with Crippen molar-refractivity contribution >= 4 is 23.5 Å². The van der Waals surface area contributed by atoms with Crippen LogP contribution in [0, 0.1) is 0 Å². The Kier molecular flexibility index (Phi) is 9.93. The number of nitrogens with one attached hydrogen (secondary N) is 1. The minimum Gasteiger partial charge on any atom is -0.497 e. The maximum absolute atomic E-state index is 13.4. The fourth-order valence-electron chi connectivity index (χ4n) is 3.63. The summed E-state index contributed by atoms with van der Waals surface area (Å²) < 4.78 is 7.83. The Labute approximate surface area is 214 Å². The van der Waals surface area contributed by atoms with Gasteiger partial charge in [-0.15, -0.1) is 0 Å². The number of nitrogens with two attached hydrogens (primary N) is 2. The molecule has 0 saturated carbocycles. The third kappa shape index (κ3) is 7.88. The maximum Gasteiger partial charge on any atom is 0.355 e. The van der Waals surface area contributed by atoms with E-state index >= 15 is 0 Å². The molecular formula is C25H32ClN7O3. The molecule has 3 rings (SSSR count). The van der Waals surface area contributed by atoms with Crippen LogP contribution in [-0.2, 0) is 13.1 Å². The molecule has 5 N–H and O–H groups in total. The summed E-state index contributed by atoms with van der Waals surface area (Å²) in [6.45, 7) is 1.51. The van der Waals surface area contributed by atoms with Crippen LogP contribution in [0.25, 0.3) is 0 Å². The molecule has 0 aliphatic rings. The van der Waals surface area contributed by atoms with E-state index in [4.69, 9.17) is 27.8 Å². The van der Waals surface area contributed by atoms with E-state index < -0.39 is 11.4 Å². The summed E-state index contributed by atoms with van der Waals surface area (Å²) >= 11 is 5.96. The number of benzene rings is 2. The van der Waals surface area contributed by atoms with Gasteiger partial charge < -0.3 is 21.5 Å². The molecule has 10 nitrogen and oxygen atoms in total. The molecule has 0 radical (unpaired) electrons. The number of halogens is 1. The Morgan fingerprint density at radius 2 is 1.56 bits per heavy atom. The first-order valence-corrected chi connectivity index (χ1v) is 12.1. The van der Waals surface area contributed by atoms with E-state index in [2.05, 4.69) is 15.3 Å². The number of ether oxygens (including phenoxy) is 1. The molecule has 0 amide bonds. The number of rotatable bonds is 13. The average molecular weight is 514 g/mol. The summed E-state index contributed by atoms with van der Waals surface area (Å²) in [6.07, 6.45) is 3.64. The second kappa shape index (κ2) is 13.3. The minimum absolute atomic E-state index is 0.0977. The standard InChI is InChI=1S/C25H32ClN7O3/c1-36-21-12-8-19(9-13-21)16-32-23(30-15-5-3-2-4-14-29-22(27)28)31-24(34)33(25(32)35)17-18-6-10-20(26)11-7-18/h6-13H,2-5,14-17H2,1H3,(H4,27,28,29)(H,30,31,34). The van der Waals surface area contributed by atoms with E-state index in [0.717, 1.165) is 47.1 Å². The number of methoxy groups -OCH3 is 1. The van der Waals surface area contributed by atoms with Crippen LogP contribution in [-0.4, -0.2) is 40.3 Å². The molecule has 2 aromatic carbocycles. The first kappa shape index (κ1) is 26.8. The molecule has 192 valence electrons. The van der Waals surface area contributed by atoms with E-state index in [9.17, 15) is 9.59 Å². The number of unbranched alkanes of at least 4 members (excludes halogenated alkanes) is 3. The Balaban J connectivity index is 1.78. The van der Waals surface area contributed by atoms with Gasteiger partial charge >= 0.3 is 11.4 Å².